The standard InChI is InChI=1S/C31H27ClN4O3/c1-3-7-26(19-8-5-4-6-9-19)35-30(37)20-10-12-22(25(15-20)31(38)39)24-16-21(32)11-13-23(24)28-34-27-14-18(2)17-33-29(27)36-28/h4-6,8-17,26H,3,7H2,1-2H3,(H,35,37)(H,38,39)(H,33,34,36). The number of aromatic carboxylic acids is 1. The summed E-state index contributed by atoms with van der Waals surface area (Å²) in [5, 5.41) is 13.7. The Balaban J connectivity index is 1.54. The van der Waals surface area contributed by atoms with E-state index in [1.165, 1.54) is 6.07 Å². The zero-order valence-corrected chi connectivity index (χ0v) is 22.3. The summed E-state index contributed by atoms with van der Waals surface area (Å²) >= 11 is 6.36. The first-order chi connectivity index (χ1) is 18.8. The van der Waals surface area contributed by atoms with E-state index in [1.54, 1.807) is 36.5 Å². The topological polar surface area (TPSA) is 108 Å². The Labute approximate surface area is 230 Å². The zero-order valence-electron chi connectivity index (χ0n) is 21.5. The molecule has 0 radical (unpaired) electrons. The van der Waals surface area contributed by atoms with Gasteiger partial charge >= 0.3 is 5.97 Å². The highest BCUT2D eigenvalue weighted by atomic mass is 35.5. The summed E-state index contributed by atoms with van der Waals surface area (Å²) in [4.78, 5) is 38.0. The van der Waals surface area contributed by atoms with Crippen molar-refractivity contribution >= 4 is 34.6 Å². The van der Waals surface area contributed by atoms with Crippen LogP contribution in [0.4, 0.5) is 0 Å². The molecule has 7 nitrogen and oxygen atoms in total. The number of aromatic nitrogens is 3. The number of hydrogen-bond acceptors (Lipinski definition) is 4. The van der Waals surface area contributed by atoms with Crippen LogP contribution < -0.4 is 5.32 Å². The molecule has 5 rings (SSSR count). The van der Waals surface area contributed by atoms with E-state index < -0.39 is 5.97 Å². The van der Waals surface area contributed by atoms with E-state index >= 15 is 0 Å². The molecule has 0 aliphatic heterocycles. The van der Waals surface area contributed by atoms with Crippen molar-refractivity contribution in [1.82, 2.24) is 20.3 Å². The number of pyridine rings is 1. The van der Waals surface area contributed by atoms with E-state index in [0.29, 0.717) is 33.2 Å². The van der Waals surface area contributed by atoms with Crippen LogP contribution in [0, 0.1) is 6.92 Å². The SMILES string of the molecule is CCCC(NC(=O)c1ccc(-c2cc(Cl)ccc2-c2nc3ncc(C)cc3[nH]2)c(C(=O)O)c1)c1ccccc1. The monoisotopic (exact) mass is 538 g/mol. The maximum Gasteiger partial charge on any atom is 0.336 e. The van der Waals surface area contributed by atoms with Gasteiger partial charge in [-0.1, -0.05) is 61.3 Å². The molecular weight excluding hydrogens is 512 g/mol. The Morgan fingerprint density at radius 3 is 2.51 bits per heavy atom. The Morgan fingerprint density at radius 2 is 1.77 bits per heavy atom. The van der Waals surface area contributed by atoms with Gasteiger partial charge in [0.1, 0.15) is 5.82 Å². The lowest BCUT2D eigenvalue weighted by molar-refractivity contribution is 0.0697. The average molecular weight is 539 g/mol. The second kappa shape index (κ2) is 11.1. The molecule has 1 unspecified atom stereocenters. The van der Waals surface area contributed by atoms with Crippen molar-refractivity contribution in [2.24, 2.45) is 0 Å². The van der Waals surface area contributed by atoms with Crippen molar-refractivity contribution in [3.8, 4) is 22.5 Å². The fraction of sp³-hybridized carbons (Fsp3) is 0.161. The Morgan fingerprint density at radius 1 is 1.00 bits per heavy atom. The van der Waals surface area contributed by atoms with E-state index in [2.05, 4.69) is 27.2 Å². The number of nitrogens with one attached hydrogen (secondary N) is 2. The van der Waals surface area contributed by atoms with Crippen LogP contribution >= 0.6 is 11.6 Å². The molecular formula is C31H27ClN4O3. The normalized spacial score (nSPS) is 11.9. The summed E-state index contributed by atoms with van der Waals surface area (Å²) in [6.07, 6.45) is 3.38. The van der Waals surface area contributed by atoms with E-state index in [-0.39, 0.29) is 23.1 Å². The van der Waals surface area contributed by atoms with Crippen molar-refractivity contribution in [2.75, 3.05) is 0 Å². The third-order valence-electron chi connectivity index (χ3n) is 6.60. The summed E-state index contributed by atoms with van der Waals surface area (Å²) in [6, 6.07) is 21.4. The predicted octanol–water partition coefficient (Wildman–Crippen LogP) is 7.22. The molecule has 0 aliphatic rings. The minimum Gasteiger partial charge on any atom is -0.478 e. The lowest BCUT2D eigenvalue weighted by Gasteiger charge is -2.19. The third kappa shape index (κ3) is 5.54. The maximum atomic E-state index is 13.2. The molecule has 0 aliphatic carbocycles. The summed E-state index contributed by atoms with van der Waals surface area (Å²) in [5.74, 6) is -0.949. The van der Waals surface area contributed by atoms with Crippen molar-refractivity contribution < 1.29 is 14.7 Å². The summed E-state index contributed by atoms with van der Waals surface area (Å²) < 4.78 is 0. The minimum absolute atomic E-state index is 0.0111. The van der Waals surface area contributed by atoms with Crippen LogP contribution in [0.1, 0.15) is 57.7 Å². The smallest absolute Gasteiger partial charge is 0.336 e. The molecule has 0 saturated carbocycles. The van der Waals surface area contributed by atoms with Crippen LogP contribution in [-0.2, 0) is 0 Å². The number of H-pyrrole nitrogens is 1. The van der Waals surface area contributed by atoms with Gasteiger partial charge in [0.2, 0.25) is 0 Å². The molecule has 8 heteroatoms. The van der Waals surface area contributed by atoms with Crippen LogP contribution in [0.5, 0.6) is 0 Å². The number of carbonyl (C=O) groups excluding carboxylic acids is 1. The van der Waals surface area contributed by atoms with Crippen LogP contribution in [-0.4, -0.2) is 31.9 Å². The first-order valence-corrected chi connectivity index (χ1v) is 13.1. The van der Waals surface area contributed by atoms with Crippen molar-refractivity contribution in [2.45, 2.75) is 32.7 Å². The molecule has 2 aromatic heterocycles. The summed E-state index contributed by atoms with van der Waals surface area (Å²) in [7, 11) is 0. The van der Waals surface area contributed by atoms with Gasteiger partial charge in [0.15, 0.2) is 5.65 Å². The number of halogens is 1. The maximum absolute atomic E-state index is 13.2. The van der Waals surface area contributed by atoms with E-state index in [1.807, 2.05) is 43.3 Å². The molecule has 0 spiro atoms. The number of amides is 1. The summed E-state index contributed by atoms with van der Waals surface area (Å²) in [6.45, 7) is 4.00. The van der Waals surface area contributed by atoms with Crippen LogP contribution in [0.15, 0.2) is 79.0 Å². The molecule has 3 aromatic carbocycles. The van der Waals surface area contributed by atoms with Gasteiger partial charge in [0.25, 0.3) is 5.91 Å². The number of rotatable bonds is 8. The van der Waals surface area contributed by atoms with Crippen molar-refractivity contribution in [1.29, 1.82) is 0 Å². The first kappa shape index (κ1) is 26.1. The first-order valence-electron chi connectivity index (χ1n) is 12.7. The number of aromatic amines is 1. The Bertz CT molecular complexity index is 1680. The number of carboxylic acid groups (broad SMARTS) is 1. The summed E-state index contributed by atoms with van der Waals surface area (Å²) in [5.41, 5.74) is 5.25. The Kier molecular flexibility index (Phi) is 7.43. The van der Waals surface area contributed by atoms with Crippen LogP contribution in [0.3, 0.4) is 0 Å². The average Bonchev–Trinajstić information content (AvgIpc) is 3.35. The number of benzene rings is 3. The molecule has 2 heterocycles. The number of carboxylic acids is 1. The highest BCUT2D eigenvalue weighted by Gasteiger charge is 2.21. The second-order valence-electron chi connectivity index (χ2n) is 9.45. The molecule has 0 bridgehead atoms. The van der Waals surface area contributed by atoms with E-state index in [0.717, 1.165) is 29.5 Å². The molecule has 0 fully saturated rings. The second-order valence-corrected chi connectivity index (χ2v) is 9.89. The van der Waals surface area contributed by atoms with E-state index in [9.17, 15) is 14.7 Å². The molecule has 196 valence electrons. The van der Waals surface area contributed by atoms with E-state index in [4.69, 9.17) is 11.6 Å². The fourth-order valence-electron chi connectivity index (χ4n) is 4.71. The number of hydrogen-bond donors (Lipinski definition) is 3. The highest BCUT2D eigenvalue weighted by Crippen LogP contribution is 2.36. The fourth-order valence-corrected chi connectivity index (χ4v) is 4.89. The van der Waals surface area contributed by atoms with Gasteiger partial charge in [0.05, 0.1) is 17.1 Å². The number of fused-ring (bicyclic) bond motifs is 1. The van der Waals surface area contributed by atoms with Crippen molar-refractivity contribution in [3.63, 3.8) is 0 Å². The lowest BCUT2D eigenvalue weighted by Crippen LogP contribution is -2.28. The molecule has 39 heavy (non-hydrogen) atoms. The van der Waals surface area contributed by atoms with Gasteiger partial charge < -0.3 is 15.4 Å². The zero-order chi connectivity index (χ0) is 27.5. The van der Waals surface area contributed by atoms with Gasteiger partial charge in [-0.25, -0.2) is 14.8 Å². The minimum atomic E-state index is -1.15. The largest absolute Gasteiger partial charge is 0.478 e. The highest BCUT2D eigenvalue weighted by molar-refractivity contribution is 6.31. The van der Waals surface area contributed by atoms with Gasteiger partial charge in [-0.05, 0) is 72.0 Å². The number of nitrogens with zero attached hydrogens (tertiary/aromatic N) is 2. The van der Waals surface area contributed by atoms with Gasteiger partial charge in [0, 0.05) is 22.3 Å². The van der Waals surface area contributed by atoms with Gasteiger partial charge in [-0.3, -0.25) is 4.79 Å². The number of carbonyl (C=O) groups is 2. The lowest BCUT2D eigenvalue weighted by atomic mass is 9.93. The number of aryl methyl sites for hydroxylation is 1. The molecule has 3 N–H and O–H groups in total. The number of imidazole rings is 1. The molecule has 1 atom stereocenters. The molecule has 1 amide bonds. The van der Waals surface area contributed by atoms with Crippen LogP contribution in [0.25, 0.3) is 33.7 Å². The van der Waals surface area contributed by atoms with Crippen molar-refractivity contribution in [3.05, 3.63) is 106 Å². The van der Waals surface area contributed by atoms with Gasteiger partial charge in [-0.15, -0.1) is 0 Å². The molecule has 5 aromatic rings. The third-order valence-corrected chi connectivity index (χ3v) is 6.83. The van der Waals surface area contributed by atoms with Crippen LogP contribution in [0.2, 0.25) is 5.02 Å². The van der Waals surface area contributed by atoms with Gasteiger partial charge in [-0.2, -0.15) is 0 Å². The quantitative estimate of drug-likeness (QED) is 0.193. The Hall–Kier alpha value is -4.49. The predicted molar refractivity (Wildman–Crippen MR) is 153 cm³/mol. The molecule has 0 saturated heterocycles.